The Balaban J connectivity index is 1.63. The first-order chi connectivity index (χ1) is 12.5. The lowest BCUT2D eigenvalue weighted by Gasteiger charge is -2.30. The number of nitrogens with zero attached hydrogens (tertiary/aromatic N) is 1. The molecule has 0 aromatic heterocycles. The van der Waals surface area contributed by atoms with E-state index in [0.29, 0.717) is 25.9 Å². The van der Waals surface area contributed by atoms with Crippen LogP contribution in [0.5, 0.6) is 0 Å². The molecule has 1 fully saturated rings. The standard InChI is InChI=1S/C20H29N3O3/c1-15(7-8-16-5-3-2-4-6-16)22-18(24)9-10-19(25)23-13-11-17(12-14-23)20(21)26/h2-6,15,17H,7-14H2,1H3,(H2,21,26)(H,22,24)/t15-/m0/s1. The Morgan fingerprint density at radius 3 is 2.42 bits per heavy atom. The fourth-order valence-corrected chi connectivity index (χ4v) is 3.24. The molecule has 3 amide bonds. The van der Waals surface area contributed by atoms with Gasteiger partial charge in [0.15, 0.2) is 0 Å². The number of nitrogens with one attached hydrogen (secondary N) is 1. The molecule has 142 valence electrons. The topological polar surface area (TPSA) is 92.5 Å². The zero-order chi connectivity index (χ0) is 18.9. The minimum Gasteiger partial charge on any atom is -0.369 e. The predicted octanol–water partition coefficient (Wildman–Crippen LogP) is 1.63. The lowest BCUT2D eigenvalue weighted by molar-refractivity contribution is -0.136. The Bertz CT molecular complexity index is 610. The molecule has 1 saturated heterocycles. The molecule has 6 heteroatoms. The molecule has 0 bridgehead atoms. The summed E-state index contributed by atoms with van der Waals surface area (Å²) in [5.41, 5.74) is 6.55. The van der Waals surface area contributed by atoms with Crippen molar-refractivity contribution in [1.82, 2.24) is 10.2 Å². The van der Waals surface area contributed by atoms with Crippen molar-refractivity contribution in [2.24, 2.45) is 11.7 Å². The summed E-state index contributed by atoms with van der Waals surface area (Å²) in [6, 6.07) is 10.2. The van der Waals surface area contributed by atoms with Gasteiger partial charge >= 0.3 is 0 Å². The highest BCUT2D eigenvalue weighted by molar-refractivity contribution is 5.84. The van der Waals surface area contributed by atoms with Crippen molar-refractivity contribution in [3.8, 4) is 0 Å². The number of hydrogen-bond acceptors (Lipinski definition) is 3. The van der Waals surface area contributed by atoms with Crippen LogP contribution >= 0.6 is 0 Å². The SMILES string of the molecule is C[C@@H](CCc1ccccc1)NC(=O)CCC(=O)N1CCC(C(N)=O)CC1. The van der Waals surface area contributed by atoms with Crippen molar-refractivity contribution >= 4 is 17.7 Å². The number of amides is 3. The maximum Gasteiger partial charge on any atom is 0.223 e. The van der Waals surface area contributed by atoms with E-state index in [1.54, 1.807) is 4.90 Å². The quantitative estimate of drug-likeness (QED) is 0.739. The van der Waals surface area contributed by atoms with Crippen LogP contribution in [0.4, 0.5) is 0 Å². The van der Waals surface area contributed by atoms with Gasteiger partial charge < -0.3 is 16.0 Å². The summed E-state index contributed by atoms with van der Waals surface area (Å²) in [5.74, 6) is -0.542. The number of nitrogens with two attached hydrogens (primary N) is 1. The van der Waals surface area contributed by atoms with Gasteiger partial charge in [0.1, 0.15) is 0 Å². The van der Waals surface area contributed by atoms with Crippen LogP contribution < -0.4 is 11.1 Å². The third-order valence-electron chi connectivity index (χ3n) is 4.93. The highest BCUT2D eigenvalue weighted by atomic mass is 16.2. The number of hydrogen-bond donors (Lipinski definition) is 2. The average Bonchev–Trinajstić information content (AvgIpc) is 2.65. The van der Waals surface area contributed by atoms with Crippen LogP contribution in [0.15, 0.2) is 30.3 Å². The molecule has 1 atom stereocenters. The van der Waals surface area contributed by atoms with Crippen LogP contribution in [0, 0.1) is 5.92 Å². The van der Waals surface area contributed by atoms with Crippen LogP contribution in [-0.2, 0) is 20.8 Å². The first-order valence-electron chi connectivity index (χ1n) is 9.36. The number of benzene rings is 1. The van der Waals surface area contributed by atoms with Crippen molar-refractivity contribution in [2.75, 3.05) is 13.1 Å². The van der Waals surface area contributed by atoms with Gasteiger partial charge in [0.05, 0.1) is 0 Å². The third kappa shape index (κ3) is 6.50. The second-order valence-electron chi connectivity index (χ2n) is 7.05. The predicted molar refractivity (Wildman–Crippen MR) is 100 cm³/mol. The van der Waals surface area contributed by atoms with Crippen LogP contribution in [0.25, 0.3) is 0 Å². The van der Waals surface area contributed by atoms with E-state index in [1.807, 2.05) is 25.1 Å². The summed E-state index contributed by atoms with van der Waals surface area (Å²) < 4.78 is 0. The Morgan fingerprint density at radius 1 is 1.15 bits per heavy atom. The van der Waals surface area contributed by atoms with E-state index >= 15 is 0 Å². The van der Waals surface area contributed by atoms with Crippen LogP contribution in [0.3, 0.4) is 0 Å². The van der Waals surface area contributed by atoms with Crippen molar-refractivity contribution in [3.05, 3.63) is 35.9 Å². The largest absolute Gasteiger partial charge is 0.369 e. The Kier molecular flexibility index (Phi) is 7.63. The third-order valence-corrected chi connectivity index (χ3v) is 4.93. The Labute approximate surface area is 155 Å². The normalized spacial score (nSPS) is 16.1. The second kappa shape index (κ2) is 9.94. The molecule has 3 N–H and O–H groups in total. The summed E-state index contributed by atoms with van der Waals surface area (Å²) in [4.78, 5) is 37.1. The van der Waals surface area contributed by atoms with Gasteiger partial charge in [0.2, 0.25) is 17.7 Å². The van der Waals surface area contributed by atoms with E-state index < -0.39 is 0 Å². The number of piperidine rings is 1. The fourth-order valence-electron chi connectivity index (χ4n) is 3.24. The molecule has 26 heavy (non-hydrogen) atoms. The summed E-state index contributed by atoms with van der Waals surface area (Å²) in [6.07, 6.45) is 3.41. The molecular formula is C20H29N3O3. The van der Waals surface area contributed by atoms with Gasteiger partial charge in [-0.25, -0.2) is 0 Å². The number of aryl methyl sites for hydroxylation is 1. The van der Waals surface area contributed by atoms with Crippen molar-refractivity contribution < 1.29 is 14.4 Å². The van der Waals surface area contributed by atoms with Crippen LogP contribution in [0.1, 0.15) is 44.6 Å². The molecule has 2 rings (SSSR count). The van der Waals surface area contributed by atoms with Gasteiger partial charge in [-0.05, 0) is 38.2 Å². The molecule has 1 aromatic carbocycles. The van der Waals surface area contributed by atoms with Crippen molar-refractivity contribution in [2.45, 2.75) is 51.5 Å². The number of primary amides is 1. The molecule has 1 aliphatic rings. The van der Waals surface area contributed by atoms with Gasteiger partial charge in [0, 0.05) is 37.9 Å². The smallest absolute Gasteiger partial charge is 0.223 e. The molecule has 6 nitrogen and oxygen atoms in total. The molecule has 0 unspecified atom stereocenters. The molecule has 0 spiro atoms. The minimum atomic E-state index is -0.291. The summed E-state index contributed by atoms with van der Waals surface area (Å²) in [5, 5.41) is 2.96. The van der Waals surface area contributed by atoms with Gasteiger partial charge in [-0.2, -0.15) is 0 Å². The van der Waals surface area contributed by atoms with Gasteiger partial charge in [0.25, 0.3) is 0 Å². The fraction of sp³-hybridized carbons (Fsp3) is 0.550. The van der Waals surface area contributed by atoms with Gasteiger partial charge in [-0.1, -0.05) is 30.3 Å². The van der Waals surface area contributed by atoms with E-state index in [9.17, 15) is 14.4 Å². The molecule has 0 saturated carbocycles. The zero-order valence-corrected chi connectivity index (χ0v) is 15.4. The highest BCUT2D eigenvalue weighted by Gasteiger charge is 2.25. The van der Waals surface area contributed by atoms with E-state index in [0.717, 1.165) is 12.8 Å². The van der Waals surface area contributed by atoms with Crippen LogP contribution in [0.2, 0.25) is 0 Å². The zero-order valence-electron chi connectivity index (χ0n) is 15.4. The van der Waals surface area contributed by atoms with E-state index in [2.05, 4.69) is 17.4 Å². The Morgan fingerprint density at radius 2 is 1.81 bits per heavy atom. The molecular weight excluding hydrogens is 330 g/mol. The molecule has 1 aliphatic heterocycles. The van der Waals surface area contributed by atoms with Crippen molar-refractivity contribution in [3.63, 3.8) is 0 Å². The lowest BCUT2D eigenvalue weighted by Crippen LogP contribution is -2.42. The number of carbonyl (C=O) groups excluding carboxylic acids is 3. The maximum atomic E-state index is 12.2. The van der Waals surface area contributed by atoms with E-state index in [4.69, 9.17) is 5.73 Å². The van der Waals surface area contributed by atoms with E-state index in [1.165, 1.54) is 5.56 Å². The molecule has 1 heterocycles. The number of likely N-dealkylation sites (tertiary alicyclic amines) is 1. The summed E-state index contributed by atoms with van der Waals surface area (Å²) >= 11 is 0. The maximum absolute atomic E-state index is 12.2. The number of carbonyl (C=O) groups is 3. The molecule has 0 radical (unpaired) electrons. The summed E-state index contributed by atoms with van der Waals surface area (Å²) in [6.45, 7) is 3.07. The Hall–Kier alpha value is -2.37. The number of rotatable bonds is 8. The molecule has 0 aliphatic carbocycles. The highest BCUT2D eigenvalue weighted by Crippen LogP contribution is 2.17. The van der Waals surface area contributed by atoms with E-state index in [-0.39, 0.29) is 42.5 Å². The monoisotopic (exact) mass is 359 g/mol. The minimum absolute atomic E-state index is 0.0278. The molecule has 1 aromatic rings. The lowest BCUT2D eigenvalue weighted by atomic mass is 9.96. The second-order valence-corrected chi connectivity index (χ2v) is 7.05. The first kappa shape index (κ1) is 19.9. The van der Waals surface area contributed by atoms with Crippen molar-refractivity contribution in [1.29, 1.82) is 0 Å². The summed E-state index contributed by atoms with van der Waals surface area (Å²) in [7, 11) is 0. The van der Waals surface area contributed by atoms with Crippen LogP contribution in [-0.4, -0.2) is 41.8 Å². The first-order valence-corrected chi connectivity index (χ1v) is 9.36. The van der Waals surface area contributed by atoms with Gasteiger partial charge in [-0.3, -0.25) is 14.4 Å². The average molecular weight is 359 g/mol. The van der Waals surface area contributed by atoms with Gasteiger partial charge in [-0.15, -0.1) is 0 Å².